The SMILES string of the molecule is COC(=O)c1cc(F)c(C(F)(F)F)cc1Nc1ccc(OC(F)(F)F)cc1C=O. The third kappa shape index (κ3) is 5.36. The molecule has 0 aliphatic carbocycles. The van der Waals surface area contributed by atoms with Crippen molar-refractivity contribution in [1.29, 1.82) is 0 Å². The molecule has 0 aromatic heterocycles. The van der Waals surface area contributed by atoms with Gasteiger partial charge in [-0.25, -0.2) is 9.18 Å². The van der Waals surface area contributed by atoms with E-state index in [0.29, 0.717) is 12.1 Å². The highest BCUT2D eigenvalue weighted by molar-refractivity contribution is 5.98. The lowest BCUT2D eigenvalue weighted by molar-refractivity contribution is -0.274. The Labute approximate surface area is 158 Å². The second-order valence-corrected chi connectivity index (χ2v) is 5.41. The Kier molecular flexibility index (Phi) is 6.04. The molecule has 156 valence electrons. The number of benzene rings is 2. The molecule has 2 rings (SSSR count). The van der Waals surface area contributed by atoms with Gasteiger partial charge in [-0.15, -0.1) is 13.2 Å². The van der Waals surface area contributed by atoms with Crippen molar-refractivity contribution in [2.45, 2.75) is 12.5 Å². The van der Waals surface area contributed by atoms with Crippen LogP contribution in [-0.2, 0) is 10.9 Å². The lowest BCUT2D eigenvalue weighted by Gasteiger charge is -2.17. The van der Waals surface area contributed by atoms with Crippen LogP contribution in [0.4, 0.5) is 42.1 Å². The summed E-state index contributed by atoms with van der Waals surface area (Å²) in [4.78, 5) is 23.0. The summed E-state index contributed by atoms with van der Waals surface area (Å²) in [5.74, 6) is -3.69. The molecule has 2 aromatic carbocycles. The number of rotatable bonds is 5. The van der Waals surface area contributed by atoms with Gasteiger partial charge in [0.2, 0.25) is 0 Å². The van der Waals surface area contributed by atoms with Gasteiger partial charge < -0.3 is 14.8 Å². The molecule has 0 saturated carbocycles. The maximum absolute atomic E-state index is 13.8. The number of ether oxygens (including phenoxy) is 2. The number of carbonyl (C=O) groups excluding carboxylic acids is 2. The molecule has 2 aromatic rings. The average molecular weight is 425 g/mol. The van der Waals surface area contributed by atoms with Gasteiger partial charge in [-0.05, 0) is 30.3 Å². The molecule has 5 nitrogen and oxygen atoms in total. The van der Waals surface area contributed by atoms with Crippen LogP contribution in [0, 0.1) is 5.82 Å². The lowest BCUT2D eigenvalue weighted by Crippen LogP contribution is -2.17. The fourth-order valence-electron chi connectivity index (χ4n) is 2.27. The molecule has 0 saturated heterocycles. The van der Waals surface area contributed by atoms with Crippen LogP contribution in [0.5, 0.6) is 5.75 Å². The minimum absolute atomic E-state index is 0.109. The van der Waals surface area contributed by atoms with E-state index in [-0.39, 0.29) is 18.0 Å². The summed E-state index contributed by atoms with van der Waals surface area (Å²) in [5.41, 5.74) is -3.62. The van der Waals surface area contributed by atoms with Gasteiger partial charge >= 0.3 is 18.5 Å². The van der Waals surface area contributed by atoms with Crippen LogP contribution in [0.1, 0.15) is 26.3 Å². The van der Waals surface area contributed by atoms with Gasteiger partial charge in [0.15, 0.2) is 6.29 Å². The number of halogens is 7. The van der Waals surface area contributed by atoms with Gasteiger partial charge in [-0.1, -0.05) is 0 Å². The minimum Gasteiger partial charge on any atom is -0.465 e. The van der Waals surface area contributed by atoms with Crippen LogP contribution in [0.2, 0.25) is 0 Å². The van der Waals surface area contributed by atoms with Crippen LogP contribution in [-0.4, -0.2) is 25.7 Å². The molecular weight excluding hydrogens is 415 g/mol. The van der Waals surface area contributed by atoms with E-state index in [1.165, 1.54) is 0 Å². The van der Waals surface area contributed by atoms with Gasteiger partial charge in [0.1, 0.15) is 11.6 Å². The molecule has 0 aliphatic rings. The maximum Gasteiger partial charge on any atom is 0.573 e. The summed E-state index contributed by atoms with van der Waals surface area (Å²) >= 11 is 0. The second-order valence-electron chi connectivity index (χ2n) is 5.41. The Morgan fingerprint density at radius 1 is 1.03 bits per heavy atom. The minimum atomic E-state index is -5.10. The Hall–Kier alpha value is -3.31. The van der Waals surface area contributed by atoms with E-state index in [9.17, 15) is 40.3 Å². The number of hydrogen-bond donors (Lipinski definition) is 1. The van der Waals surface area contributed by atoms with Crippen molar-refractivity contribution in [2.75, 3.05) is 12.4 Å². The summed E-state index contributed by atoms with van der Waals surface area (Å²) in [6, 6.07) is 2.93. The number of hydrogen-bond acceptors (Lipinski definition) is 5. The molecule has 0 aliphatic heterocycles. The van der Waals surface area contributed by atoms with Crippen LogP contribution in [0.25, 0.3) is 0 Å². The molecule has 0 fully saturated rings. The standard InChI is InChI=1S/C17H10F7NO4/c1-28-15(27)10-5-12(18)11(16(19,20)21)6-14(10)25-13-3-2-9(4-8(13)7-26)29-17(22,23)24/h2-7,25H,1H3. The number of esters is 1. The Balaban J connectivity index is 2.54. The summed E-state index contributed by atoms with van der Waals surface area (Å²) in [6.07, 6.45) is -10.0. The zero-order valence-corrected chi connectivity index (χ0v) is 14.2. The zero-order chi connectivity index (χ0) is 22.0. The Morgan fingerprint density at radius 2 is 1.69 bits per heavy atom. The van der Waals surface area contributed by atoms with Gasteiger partial charge in [-0.3, -0.25) is 4.79 Å². The fourth-order valence-corrected chi connectivity index (χ4v) is 2.27. The van der Waals surface area contributed by atoms with E-state index in [1.807, 2.05) is 0 Å². The topological polar surface area (TPSA) is 64.6 Å². The molecule has 12 heteroatoms. The first kappa shape index (κ1) is 22.0. The molecule has 0 spiro atoms. The zero-order valence-electron chi connectivity index (χ0n) is 14.2. The number of anilines is 2. The van der Waals surface area contributed by atoms with Crippen molar-refractivity contribution in [2.24, 2.45) is 0 Å². The third-order valence-electron chi connectivity index (χ3n) is 3.47. The molecule has 0 heterocycles. The summed E-state index contributed by atoms with van der Waals surface area (Å²) < 4.78 is 97.6. The number of aldehydes is 1. The highest BCUT2D eigenvalue weighted by Gasteiger charge is 2.36. The van der Waals surface area contributed by atoms with Gasteiger partial charge in [0.25, 0.3) is 0 Å². The maximum atomic E-state index is 13.8. The lowest BCUT2D eigenvalue weighted by atomic mass is 10.1. The monoisotopic (exact) mass is 425 g/mol. The normalized spacial score (nSPS) is 11.7. The number of methoxy groups -OCH3 is 1. The van der Waals surface area contributed by atoms with E-state index in [0.717, 1.165) is 19.2 Å². The van der Waals surface area contributed by atoms with Crippen molar-refractivity contribution in [1.82, 2.24) is 0 Å². The molecule has 0 bridgehead atoms. The first-order valence-electron chi connectivity index (χ1n) is 7.46. The third-order valence-corrected chi connectivity index (χ3v) is 3.47. The number of carbonyl (C=O) groups is 2. The Morgan fingerprint density at radius 3 is 2.21 bits per heavy atom. The second kappa shape index (κ2) is 7.97. The molecule has 0 atom stereocenters. The van der Waals surface area contributed by atoms with Crippen LogP contribution >= 0.6 is 0 Å². The van der Waals surface area contributed by atoms with Crippen LogP contribution < -0.4 is 10.1 Å². The predicted molar refractivity (Wildman–Crippen MR) is 84.5 cm³/mol. The van der Waals surface area contributed by atoms with E-state index in [4.69, 9.17) is 0 Å². The largest absolute Gasteiger partial charge is 0.573 e. The molecule has 1 N–H and O–H groups in total. The van der Waals surface area contributed by atoms with Gasteiger partial charge in [0.05, 0.1) is 23.9 Å². The van der Waals surface area contributed by atoms with Crippen molar-refractivity contribution in [3.63, 3.8) is 0 Å². The first-order chi connectivity index (χ1) is 13.4. The molecular formula is C17H10F7NO4. The van der Waals surface area contributed by atoms with Crippen molar-refractivity contribution < 1.29 is 49.8 Å². The number of nitrogens with one attached hydrogen (secondary N) is 1. The molecule has 0 amide bonds. The first-order valence-corrected chi connectivity index (χ1v) is 7.46. The van der Waals surface area contributed by atoms with Gasteiger partial charge in [-0.2, -0.15) is 13.2 Å². The quantitative estimate of drug-likeness (QED) is 0.411. The summed E-state index contributed by atoms with van der Waals surface area (Å²) in [7, 11) is 0.905. The van der Waals surface area contributed by atoms with Crippen LogP contribution in [0.15, 0.2) is 30.3 Å². The summed E-state index contributed by atoms with van der Waals surface area (Å²) in [5, 5.41) is 2.30. The van der Waals surface area contributed by atoms with Crippen molar-refractivity contribution in [3.05, 3.63) is 52.8 Å². The predicted octanol–water partition coefficient (Wildman–Crippen LogP) is 5.09. The van der Waals surface area contributed by atoms with E-state index in [1.54, 1.807) is 0 Å². The van der Waals surface area contributed by atoms with Crippen molar-refractivity contribution in [3.8, 4) is 5.75 Å². The van der Waals surface area contributed by atoms with E-state index >= 15 is 0 Å². The molecule has 0 radical (unpaired) electrons. The summed E-state index contributed by atoms with van der Waals surface area (Å²) in [6.45, 7) is 0. The highest BCUT2D eigenvalue weighted by atomic mass is 19.4. The highest BCUT2D eigenvalue weighted by Crippen LogP contribution is 2.36. The number of alkyl halides is 6. The fraction of sp³-hybridized carbons (Fsp3) is 0.176. The Bertz CT molecular complexity index is 939. The smallest absolute Gasteiger partial charge is 0.465 e. The van der Waals surface area contributed by atoms with Crippen LogP contribution in [0.3, 0.4) is 0 Å². The van der Waals surface area contributed by atoms with Gasteiger partial charge in [0, 0.05) is 11.3 Å². The van der Waals surface area contributed by atoms with Crippen molar-refractivity contribution >= 4 is 23.6 Å². The average Bonchev–Trinajstić information content (AvgIpc) is 2.61. The molecule has 0 unspecified atom stereocenters. The van der Waals surface area contributed by atoms with E-state index < -0.39 is 52.5 Å². The molecule has 29 heavy (non-hydrogen) atoms. The van der Waals surface area contributed by atoms with E-state index in [2.05, 4.69) is 14.8 Å².